The number of carbonyl (C=O) groups is 1. The fraction of sp³-hybridized carbons (Fsp3) is 0.333. The molecular weight excluding hydrogens is 168 g/mol. The lowest BCUT2D eigenvalue weighted by molar-refractivity contribution is -0.114. The maximum Gasteiger partial charge on any atom is 0.241 e. The third-order valence-corrected chi connectivity index (χ3v) is 1.25. The standard InChI is InChI=1S/C6H7ClN2O2/c1-4-2-6(11-9-4)8-5(10)3-7/h2H,3H2,1H3,(H,8,10). The number of hydrogen-bond donors (Lipinski definition) is 1. The van der Waals surface area contributed by atoms with Crippen LogP contribution in [0.2, 0.25) is 0 Å². The monoisotopic (exact) mass is 174 g/mol. The van der Waals surface area contributed by atoms with E-state index in [2.05, 4.69) is 10.5 Å². The first-order chi connectivity index (χ1) is 5.22. The Hall–Kier alpha value is -1.03. The summed E-state index contributed by atoms with van der Waals surface area (Å²) in [6.45, 7) is 1.76. The lowest BCUT2D eigenvalue weighted by Crippen LogP contribution is -2.11. The van der Waals surface area contributed by atoms with Crippen molar-refractivity contribution in [1.29, 1.82) is 0 Å². The third kappa shape index (κ3) is 2.23. The minimum absolute atomic E-state index is 0.0836. The van der Waals surface area contributed by atoms with Gasteiger partial charge in [0.25, 0.3) is 0 Å². The molecule has 0 fully saturated rings. The van der Waals surface area contributed by atoms with E-state index in [9.17, 15) is 4.79 Å². The van der Waals surface area contributed by atoms with E-state index in [0.717, 1.165) is 5.69 Å². The van der Waals surface area contributed by atoms with Crippen molar-refractivity contribution < 1.29 is 9.32 Å². The van der Waals surface area contributed by atoms with Gasteiger partial charge in [-0.15, -0.1) is 11.6 Å². The summed E-state index contributed by atoms with van der Waals surface area (Å²) < 4.78 is 4.70. The van der Waals surface area contributed by atoms with Crippen LogP contribution in [0.3, 0.4) is 0 Å². The van der Waals surface area contributed by atoms with Gasteiger partial charge in [0.05, 0.1) is 5.69 Å². The van der Waals surface area contributed by atoms with Crippen molar-refractivity contribution in [3.05, 3.63) is 11.8 Å². The molecular formula is C6H7ClN2O2. The van der Waals surface area contributed by atoms with Crippen LogP contribution in [0, 0.1) is 6.92 Å². The Kier molecular flexibility index (Phi) is 2.48. The van der Waals surface area contributed by atoms with Gasteiger partial charge in [0.2, 0.25) is 11.8 Å². The first-order valence-corrected chi connectivity index (χ1v) is 3.55. The van der Waals surface area contributed by atoms with Gasteiger partial charge in [-0.1, -0.05) is 5.16 Å². The topological polar surface area (TPSA) is 55.1 Å². The van der Waals surface area contributed by atoms with Crippen LogP contribution in [0.25, 0.3) is 0 Å². The summed E-state index contributed by atoms with van der Waals surface area (Å²) in [6, 6.07) is 1.62. The Bertz CT molecular complexity index is 259. The number of halogens is 1. The van der Waals surface area contributed by atoms with Crippen molar-refractivity contribution >= 4 is 23.4 Å². The Morgan fingerprint density at radius 1 is 1.91 bits per heavy atom. The van der Waals surface area contributed by atoms with E-state index in [-0.39, 0.29) is 11.8 Å². The quantitative estimate of drug-likeness (QED) is 0.685. The lowest BCUT2D eigenvalue weighted by Gasteiger charge is -1.93. The van der Waals surface area contributed by atoms with Gasteiger partial charge < -0.3 is 4.52 Å². The van der Waals surface area contributed by atoms with E-state index in [1.54, 1.807) is 13.0 Å². The molecule has 1 aromatic rings. The third-order valence-electron chi connectivity index (χ3n) is 1.01. The Morgan fingerprint density at radius 2 is 2.64 bits per heavy atom. The molecule has 0 saturated heterocycles. The molecule has 1 rings (SSSR count). The molecule has 1 N–H and O–H groups in total. The van der Waals surface area contributed by atoms with E-state index in [4.69, 9.17) is 16.1 Å². The zero-order valence-electron chi connectivity index (χ0n) is 5.93. The summed E-state index contributed by atoms with van der Waals surface area (Å²) in [5.74, 6) is -0.0595. The molecule has 0 spiro atoms. The minimum atomic E-state index is -0.303. The van der Waals surface area contributed by atoms with Gasteiger partial charge in [-0.3, -0.25) is 10.1 Å². The number of nitrogens with zero attached hydrogens (tertiary/aromatic N) is 1. The van der Waals surface area contributed by atoms with Crippen LogP contribution in [0.5, 0.6) is 0 Å². The molecule has 4 nitrogen and oxygen atoms in total. The highest BCUT2D eigenvalue weighted by atomic mass is 35.5. The largest absolute Gasteiger partial charge is 0.338 e. The van der Waals surface area contributed by atoms with Gasteiger partial charge in [0, 0.05) is 6.07 Å². The smallest absolute Gasteiger partial charge is 0.241 e. The van der Waals surface area contributed by atoms with E-state index in [1.807, 2.05) is 0 Å². The molecule has 0 saturated carbocycles. The Labute approximate surface area is 68.5 Å². The first kappa shape index (κ1) is 8.07. The van der Waals surface area contributed by atoms with Crippen LogP contribution in [-0.2, 0) is 4.79 Å². The van der Waals surface area contributed by atoms with Gasteiger partial charge in [-0.25, -0.2) is 0 Å². The number of rotatable bonds is 2. The summed E-state index contributed by atoms with van der Waals surface area (Å²) in [5, 5.41) is 5.98. The average Bonchev–Trinajstić information content (AvgIpc) is 2.35. The van der Waals surface area contributed by atoms with Crippen molar-refractivity contribution in [3.8, 4) is 0 Å². The molecule has 0 atom stereocenters. The zero-order valence-corrected chi connectivity index (χ0v) is 6.68. The second-order valence-corrected chi connectivity index (χ2v) is 2.28. The number of alkyl halides is 1. The van der Waals surface area contributed by atoms with E-state index in [1.165, 1.54) is 0 Å². The van der Waals surface area contributed by atoms with E-state index >= 15 is 0 Å². The van der Waals surface area contributed by atoms with Crippen molar-refractivity contribution in [2.24, 2.45) is 0 Å². The number of hydrogen-bond acceptors (Lipinski definition) is 3. The molecule has 0 aliphatic heterocycles. The maximum absolute atomic E-state index is 10.7. The molecule has 0 unspecified atom stereocenters. The predicted octanol–water partition coefficient (Wildman–Crippen LogP) is 1.16. The molecule has 11 heavy (non-hydrogen) atoms. The molecule has 1 aromatic heterocycles. The SMILES string of the molecule is Cc1cc(NC(=O)CCl)on1. The molecule has 5 heteroatoms. The summed E-state index contributed by atoms with van der Waals surface area (Å²) in [5.41, 5.74) is 0.717. The zero-order chi connectivity index (χ0) is 8.27. The number of aryl methyl sites for hydroxylation is 1. The molecule has 0 bridgehead atoms. The molecule has 0 radical (unpaired) electrons. The van der Waals surface area contributed by atoms with Crippen LogP contribution in [-0.4, -0.2) is 16.9 Å². The highest BCUT2D eigenvalue weighted by Gasteiger charge is 2.03. The first-order valence-electron chi connectivity index (χ1n) is 3.01. The molecule has 1 heterocycles. The van der Waals surface area contributed by atoms with Crippen molar-refractivity contribution in [2.75, 3.05) is 11.2 Å². The summed E-state index contributed by atoms with van der Waals surface area (Å²) in [4.78, 5) is 10.7. The number of amides is 1. The van der Waals surface area contributed by atoms with Crippen LogP contribution >= 0.6 is 11.6 Å². The number of nitrogens with one attached hydrogen (secondary N) is 1. The van der Waals surface area contributed by atoms with Crippen molar-refractivity contribution in [2.45, 2.75) is 6.92 Å². The normalized spacial score (nSPS) is 9.64. The van der Waals surface area contributed by atoms with Gasteiger partial charge in [0.1, 0.15) is 5.88 Å². The molecule has 0 aliphatic rings. The second kappa shape index (κ2) is 3.39. The summed E-state index contributed by atoms with van der Waals surface area (Å²) in [6.07, 6.45) is 0. The fourth-order valence-corrected chi connectivity index (χ4v) is 0.660. The highest BCUT2D eigenvalue weighted by Crippen LogP contribution is 2.07. The molecule has 0 aliphatic carbocycles. The van der Waals surface area contributed by atoms with Crippen LogP contribution in [0.15, 0.2) is 10.6 Å². The van der Waals surface area contributed by atoms with E-state index in [0.29, 0.717) is 5.88 Å². The molecule has 1 amide bonds. The van der Waals surface area contributed by atoms with Crippen molar-refractivity contribution in [1.82, 2.24) is 5.16 Å². The summed E-state index contributed by atoms with van der Waals surface area (Å²) >= 11 is 5.23. The number of carbonyl (C=O) groups excluding carboxylic acids is 1. The van der Waals surface area contributed by atoms with Crippen LogP contribution in [0.4, 0.5) is 5.88 Å². The van der Waals surface area contributed by atoms with Gasteiger partial charge in [0.15, 0.2) is 0 Å². The van der Waals surface area contributed by atoms with Gasteiger partial charge in [-0.2, -0.15) is 0 Å². The maximum atomic E-state index is 10.7. The van der Waals surface area contributed by atoms with Gasteiger partial charge in [-0.05, 0) is 6.92 Å². The van der Waals surface area contributed by atoms with Gasteiger partial charge >= 0.3 is 0 Å². The second-order valence-electron chi connectivity index (χ2n) is 2.01. The van der Waals surface area contributed by atoms with E-state index < -0.39 is 0 Å². The minimum Gasteiger partial charge on any atom is -0.338 e. The highest BCUT2D eigenvalue weighted by molar-refractivity contribution is 6.28. The molecule has 0 aromatic carbocycles. The number of anilines is 1. The summed E-state index contributed by atoms with van der Waals surface area (Å²) in [7, 11) is 0. The van der Waals surface area contributed by atoms with Crippen LogP contribution < -0.4 is 5.32 Å². The van der Waals surface area contributed by atoms with Crippen LogP contribution in [0.1, 0.15) is 5.69 Å². The Morgan fingerprint density at radius 3 is 3.09 bits per heavy atom. The fourth-order valence-electron chi connectivity index (χ4n) is 0.593. The van der Waals surface area contributed by atoms with Crippen molar-refractivity contribution in [3.63, 3.8) is 0 Å². The molecule has 60 valence electrons. The number of aromatic nitrogens is 1. The Balaban J connectivity index is 2.57. The average molecular weight is 175 g/mol. The predicted molar refractivity (Wildman–Crippen MR) is 40.6 cm³/mol. The lowest BCUT2D eigenvalue weighted by atomic mass is 10.5.